The SMILES string of the molecule is [B]C1OC(CO)C(OC)C1OCCOC. The molecule has 0 aromatic carbocycles. The minimum absolute atomic E-state index is 0.129. The summed E-state index contributed by atoms with van der Waals surface area (Å²) in [5.41, 5.74) is 0. The van der Waals surface area contributed by atoms with Crippen LogP contribution in [0.1, 0.15) is 0 Å². The molecule has 2 radical (unpaired) electrons. The van der Waals surface area contributed by atoms with Crippen LogP contribution in [-0.2, 0) is 18.9 Å². The van der Waals surface area contributed by atoms with Gasteiger partial charge in [-0.3, -0.25) is 0 Å². The molecule has 0 amide bonds. The Bertz CT molecular complexity index is 180. The summed E-state index contributed by atoms with van der Waals surface area (Å²) >= 11 is 0. The normalized spacial score (nSPS) is 35.9. The highest BCUT2D eigenvalue weighted by Gasteiger charge is 2.42. The van der Waals surface area contributed by atoms with Crippen molar-refractivity contribution in [3.05, 3.63) is 0 Å². The van der Waals surface area contributed by atoms with Gasteiger partial charge in [0.1, 0.15) is 26.2 Å². The fraction of sp³-hybridized carbons (Fsp3) is 1.00. The third-order valence-electron chi connectivity index (χ3n) is 2.40. The van der Waals surface area contributed by atoms with E-state index >= 15 is 0 Å². The van der Waals surface area contributed by atoms with E-state index in [2.05, 4.69) is 0 Å². The first-order valence-electron chi connectivity index (χ1n) is 4.89. The number of rotatable bonds is 6. The highest BCUT2D eigenvalue weighted by Crippen LogP contribution is 2.24. The molecule has 1 N–H and O–H groups in total. The van der Waals surface area contributed by atoms with Crippen LogP contribution in [0.15, 0.2) is 0 Å². The van der Waals surface area contributed by atoms with Crippen molar-refractivity contribution < 1.29 is 24.1 Å². The molecule has 6 heteroatoms. The number of methoxy groups -OCH3 is 2. The molecule has 0 saturated carbocycles. The van der Waals surface area contributed by atoms with Crippen LogP contribution in [0.3, 0.4) is 0 Å². The molecule has 1 fully saturated rings. The van der Waals surface area contributed by atoms with Crippen LogP contribution in [0.2, 0.25) is 0 Å². The summed E-state index contributed by atoms with van der Waals surface area (Å²) in [4.78, 5) is 0. The van der Waals surface area contributed by atoms with Gasteiger partial charge in [0.2, 0.25) is 0 Å². The van der Waals surface area contributed by atoms with E-state index in [4.69, 9.17) is 31.9 Å². The Hall–Kier alpha value is -0.135. The van der Waals surface area contributed by atoms with E-state index in [1.165, 1.54) is 0 Å². The Morgan fingerprint density at radius 1 is 1.27 bits per heavy atom. The number of aliphatic hydroxyl groups excluding tert-OH is 1. The summed E-state index contributed by atoms with van der Waals surface area (Å²) in [6.07, 6.45) is -1.11. The molecular weight excluding hydrogens is 199 g/mol. The summed E-state index contributed by atoms with van der Waals surface area (Å²) in [6.45, 7) is 0.788. The molecule has 0 bridgehead atoms. The number of ether oxygens (including phenoxy) is 4. The van der Waals surface area contributed by atoms with Crippen LogP contribution in [-0.4, -0.2) is 71.3 Å². The van der Waals surface area contributed by atoms with Crippen molar-refractivity contribution in [2.45, 2.75) is 24.3 Å². The molecule has 5 nitrogen and oxygen atoms in total. The van der Waals surface area contributed by atoms with Crippen molar-refractivity contribution in [1.82, 2.24) is 0 Å². The second-order valence-electron chi connectivity index (χ2n) is 3.35. The number of hydrogen-bond acceptors (Lipinski definition) is 5. The van der Waals surface area contributed by atoms with Crippen molar-refractivity contribution in [2.75, 3.05) is 34.0 Å². The van der Waals surface area contributed by atoms with E-state index in [1.54, 1.807) is 14.2 Å². The number of hydrogen-bond donors (Lipinski definition) is 1. The van der Waals surface area contributed by atoms with Crippen molar-refractivity contribution in [3.63, 3.8) is 0 Å². The minimum atomic E-state index is -0.566. The predicted molar refractivity (Wildman–Crippen MR) is 53.9 cm³/mol. The topological polar surface area (TPSA) is 57.2 Å². The zero-order chi connectivity index (χ0) is 11.3. The smallest absolute Gasteiger partial charge is 0.113 e. The van der Waals surface area contributed by atoms with Crippen LogP contribution in [0, 0.1) is 0 Å². The van der Waals surface area contributed by atoms with Crippen LogP contribution in [0.25, 0.3) is 0 Å². The Morgan fingerprint density at radius 3 is 2.53 bits per heavy atom. The van der Waals surface area contributed by atoms with Gasteiger partial charge in [0.25, 0.3) is 0 Å². The van der Waals surface area contributed by atoms with E-state index in [1.807, 2.05) is 0 Å². The van der Waals surface area contributed by atoms with Gasteiger partial charge in [-0.1, -0.05) is 0 Å². The van der Waals surface area contributed by atoms with Crippen LogP contribution in [0.4, 0.5) is 0 Å². The molecule has 15 heavy (non-hydrogen) atoms. The van der Waals surface area contributed by atoms with Gasteiger partial charge in [-0.05, 0) is 0 Å². The lowest BCUT2D eigenvalue weighted by atomic mass is 9.93. The van der Waals surface area contributed by atoms with Gasteiger partial charge in [0.05, 0.1) is 19.8 Å². The largest absolute Gasteiger partial charge is 0.394 e. The predicted octanol–water partition coefficient (Wildman–Crippen LogP) is -1.08. The van der Waals surface area contributed by atoms with E-state index in [0.29, 0.717) is 13.2 Å². The molecule has 1 rings (SSSR count). The van der Waals surface area contributed by atoms with Gasteiger partial charge >= 0.3 is 0 Å². The third-order valence-corrected chi connectivity index (χ3v) is 2.40. The van der Waals surface area contributed by atoms with Gasteiger partial charge in [-0.2, -0.15) is 0 Å². The monoisotopic (exact) mass is 216 g/mol. The molecule has 1 saturated heterocycles. The van der Waals surface area contributed by atoms with E-state index in [-0.39, 0.29) is 18.8 Å². The molecule has 86 valence electrons. The average molecular weight is 216 g/mol. The Balaban J connectivity index is 2.45. The Kier molecular flexibility index (Phi) is 5.56. The van der Waals surface area contributed by atoms with E-state index in [0.717, 1.165) is 0 Å². The fourth-order valence-electron chi connectivity index (χ4n) is 1.65. The second-order valence-corrected chi connectivity index (χ2v) is 3.35. The van der Waals surface area contributed by atoms with E-state index in [9.17, 15) is 0 Å². The zero-order valence-corrected chi connectivity index (χ0v) is 9.09. The molecule has 4 atom stereocenters. The standard InChI is InChI=1S/C9H17BO5/c1-12-3-4-14-8-7(13-2)6(5-11)15-9(8)10/h6-9,11H,3-5H2,1-2H3. The first-order chi connectivity index (χ1) is 7.24. The van der Waals surface area contributed by atoms with Gasteiger partial charge in [0, 0.05) is 20.2 Å². The van der Waals surface area contributed by atoms with Crippen molar-refractivity contribution in [3.8, 4) is 0 Å². The first kappa shape index (κ1) is 12.9. The van der Waals surface area contributed by atoms with Crippen molar-refractivity contribution >= 4 is 7.85 Å². The average Bonchev–Trinajstić information content (AvgIpc) is 2.55. The van der Waals surface area contributed by atoms with Crippen LogP contribution < -0.4 is 0 Å². The quantitative estimate of drug-likeness (QED) is 0.452. The van der Waals surface area contributed by atoms with E-state index < -0.39 is 12.1 Å². The summed E-state index contributed by atoms with van der Waals surface area (Å²) < 4.78 is 20.8. The van der Waals surface area contributed by atoms with Gasteiger partial charge < -0.3 is 24.1 Å². The lowest BCUT2D eigenvalue weighted by Gasteiger charge is -2.21. The maximum atomic E-state index is 9.03. The Labute approximate surface area is 91.1 Å². The van der Waals surface area contributed by atoms with Crippen LogP contribution >= 0.6 is 0 Å². The number of aliphatic hydroxyl groups is 1. The molecule has 0 aromatic rings. The molecular formula is C9H17BO5. The maximum Gasteiger partial charge on any atom is 0.113 e. The fourth-order valence-corrected chi connectivity index (χ4v) is 1.65. The minimum Gasteiger partial charge on any atom is -0.394 e. The van der Waals surface area contributed by atoms with Crippen molar-refractivity contribution in [2.24, 2.45) is 0 Å². The Morgan fingerprint density at radius 2 is 2.00 bits per heavy atom. The molecule has 0 aromatic heterocycles. The summed E-state index contributed by atoms with van der Waals surface area (Å²) in [6, 6.07) is -0.566. The van der Waals surface area contributed by atoms with Gasteiger partial charge in [-0.15, -0.1) is 0 Å². The highest BCUT2D eigenvalue weighted by atomic mass is 16.6. The molecule has 1 aliphatic heterocycles. The summed E-state index contributed by atoms with van der Waals surface area (Å²) in [5, 5.41) is 9.03. The lowest BCUT2D eigenvalue weighted by Crippen LogP contribution is -2.38. The molecule has 1 heterocycles. The third kappa shape index (κ3) is 3.16. The molecule has 1 aliphatic rings. The molecule has 0 aliphatic carbocycles. The first-order valence-corrected chi connectivity index (χ1v) is 4.89. The van der Waals surface area contributed by atoms with Gasteiger partial charge in [-0.25, -0.2) is 0 Å². The zero-order valence-electron chi connectivity index (χ0n) is 9.09. The summed E-state index contributed by atoms with van der Waals surface area (Å²) in [7, 11) is 8.85. The van der Waals surface area contributed by atoms with Crippen LogP contribution in [0.5, 0.6) is 0 Å². The highest BCUT2D eigenvalue weighted by molar-refractivity contribution is 6.11. The maximum absolute atomic E-state index is 9.03. The second kappa shape index (κ2) is 6.45. The molecule has 4 unspecified atom stereocenters. The van der Waals surface area contributed by atoms with Crippen molar-refractivity contribution in [1.29, 1.82) is 0 Å². The van der Waals surface area contributed by atoms with Gasteiger partial charge in [0.15, 0.2) is 0 Å². The summed E-state index contributed by atoms with van der Waals surface area (Å²) in [5.74, 6) is 0. The lowest BCUT2D eigenvalue weighted by molar-refractivity contribution is -0.0599. The molecule has 0 spiro atoms.